The van der Waals surface area contributed by atoms with Gasteiger partial charge in [0, 0.05) is 26.2 Å². The van der Waals surface area contributed by atoms with Crippen LogP contribution in [0.3, 0.4) is 0 Å². The van der Waals surface area contributed by atoms with Crippen LogP contribution in [-0.4, -0.2) is 60.6 Å². The molecule has 0 aromatic carbocycles. The number of imide groups is 1. The average molecular weight is 295 g/mol. The minimum Gasteiger partial charge on any atom is -0.459 e. The summed E-state index contributed by atoms with van der Waals surface area (Å²) in [6.45, 7) is 3.49. The molecule has 0 radical (unpaired) electrons. The molecule has 0 aliphatic carbocycles. The summed E-state index contributed by atoms with van der Waals surface area (Å²) in [4.78, 5) is 38.1. The van der Waals surface area contributed by atoms with Crippen molar-refractivity contribution >= 4 is 18.0 Å². The van der Waals surface area contributed by atoms with Crippen LogP contribution in [0.5, 0.6) is 0 Å². The molecule has 21 heavy (non-hydrogen) atoms. The fourth-order valence-corrected chi connectivity index (χ4v) is 1.95. The zero-order valence-corrected chi connectivity index (χ0v) is 11.7. The first-order chi connectivity index (χ1) is 10.1. The van der Waals surface area contributed by atoms with E-state index in [4.69, 9.17) is 9.15 Å². The van der Waals surface area contributed by atoms with Crippen LogP contribution in [0.4, 0.5) is 9.59 Å². The van der Waals surface area contributed by atoms with Crippen LogP contribution in [0.15, 0.2) is 22.8 Å². The molecule has 0 unspecified atom stereocenters. The van der Waals surface area contributed by atoms with Gasteiger partial charge in [0.1, 0.15) is 0 Å². The third-order valence-corrected chi connectivity index (χ3v) is 3.06. The Balaban J connectivity index is 1.80. The average Bonchev–Trinajstić information content (AvgIpc) is 3.02. The molecule has 1 aromatic rings. The van der Waals surface area contributed by atoms with Crippen molar-refractivity contribution < 1.29 is 23.5 Å². The van der Waals surface area contributed by atoms with Crippen LogP contribution in [0, 0.1) is 0 Å². The molecule has 0 atom stereocenters. The number of ether oxygens (including phenoxy) is 1. The molecular weight excluding hydrogens is 278 g/mol. The molecule has 1 aliphatic rings. The van der Waals surface area contributed by atoms with Gasteiger partial charge in [-0.1, -0.05) is 0 Å². The van der Waals surface area contributed by atoms with Crippen LogP contribution in [0.25, 0.3) is 0 Å². The minimum atomic E-state index is -0.585. The fraction of sp³-hybridized carbons (Fsp3) is 0.462. The second kappa shape index (κ2) is 6.78. The number of nitrogens with zero attached hydrogens (tertiary/aromatic N) is 2. The van der Waals surface area contributed by atoms with Crippen molar-refractivity contribution in [3.8, 4) is 0 Å². The van der Waals surface area contributed by atoms with Gasteiger partial charge in [0.15, 0.2) is 5.76 Å². The molecule has 2 heterocycles. The molecule has 114 valence electrons. The third-order valence-electron chi connectivity index (χ3n) is 3.06. The van der Waals surface area contributed by atoms with Gasteiger partial charge in [-0.2, -0.15) is 0 Å². The second-order valence-electron chi connectivity index (χ2n) is 4.41. The van der Waals surface area contributed by atoms with Gasteiger partial charge in [-0.3, -0.25) is 10.1 Å². The number of piperazine rings is 1. The first kappa shape index (κ1) is 14.9. The largest absolute Gasteiger partial charge is 0.459 e. The monoisotopic (exact) mass is 295 g/mol. The van der Waals surface area contributed by atoms with E-state index in [0.29, 0.717) is 32.8 Å². The van der Waals surface area contributed by atoms with E-state index in [1.54, 1.807) is 13.0 Å². The molecule has 0 spiro atoms. The summed E-state index contributed by atoms with van der Waals surface area (Å²) >= 11 is 0. The van der Waals surface area contributed by atoms with Crippen molar-refractivity contribution in [3.05, 3.63) is 24.2 Å². The van der Waals surface area contributed by atoms with E-state index >= 15 is 0 Å². The maximum atomic E-state index is 11.9. The lowest BCUT2D eigenvalue weighted by atomic mass is 10.3. The Labute approximate surface area is 121 Å². The van der Waals surface area contributed by atoms with Gasteiger partial charge in [0.25, 0.3) is 5.91 Å². The molecule has 8 nitrogen and oxygen atoms in total. The molecule has 1 aliphatic heterocycles. The third kappa shape index (κ3) is 3.74. The smallest absolute Gasteiger partial charge is 0.409 e. The van der Waals surface area contributed by atoms with E-state index in [1.807, 2.05) is 0 Å². The quantitative estimate of drug-likeness (QED) is 0.875. The molecule has 1 fully saturated rings. The Morgan fingerprint density at radius 3 is 2.48 bits per heavy atom. The topological polar surface area (TPSA) is 92.1 Å². The second-order valence-corrected chi connectivity index (χ2v) is 4.41. The standard InChI is InChI=1S/C13H17N3O5/c1-2-20-13(19)16-7-5-15(6-8-16)12(18)14-11(17)10-4-3-9-21-10/h3-4,9H,2,5-8H2,1H3,(H,14,17,18). The summed E-state index contributed by atoms with van der Waals surface area (Å²) in [7, 11) is 0. The first-order valence-electron chi connectivity index (χ1n) is 6.67. The molecule has 8 heteroatoms. The van der Waals surface area contributed by atoms with Crippen LogP contribution < -0.4 is 5.32 Å². The molecular formula is C13H17N3O5. The summed E-state index contributed by atoms with van der Waals surface area (Å²) in [5.41, 5.74) is 0. The lowest BCUT2D eigenvalue weighted by Gasteiger charge is -2.33. The van der Waals surface area contributed by atoms with Crippen LogP contribution in [0.1, 0.15) is 17.5 Å². The van der Waals surface area contributed by atoms with Crippen molar-refractivity contribution in [1.29, 1.82) is 0 Å². The Morgan fingerprint density at radius 2 is 1.90 bits per heavy atom. The number of carbonyl (C=O) groups excluding carboxylic acids is 3. The summed E-state index contributed by atoms with van der Waals surface area (Å²) in [6, 6.07) is 2.54. The van der Waals surface area contributed by atoms with E-state index < -0.39 is 11.9 Å². The normalized spacial score (nSPS) is 14.7. The van der Waals surface area contributed by atoms with Gasteiger partial charge in [0.05, 0.1) is 12.9 Å². The summed E-state index contributed by atoms with van der Waals surface area (Å²) in [6.07, 6.45) is 0.974. The molecule has 0 bridgehead atoms. The van der Waals surface area contributed by atoms with Crippen LogP contribution >= 0.6 is 0 Å². The SMILES string of the molecule is CCOC(=O)N1CCN(C(=O)NC(=O)c2ccco2)CC1. The van der Waals surface area contributed by atoms with Crippen LogP contribution in [0.2, 0.25) is 0 Å². The highest BCUT2D eigenvalue weighted by molar-refractivity contribution is 6.02. The van der Waals surface area contributed by atoms with Crippen molar-refractivity contribution in [2.45, 2.75) is 6.92 Å². The lowest BCUT2D eigenvalue weighted by molar-refractivity contribution is 0.0812. The van der Waals surface area contributed by atoms with Gasteiger partial charge in [0.2, 0.25) is 0 Å². The molecule has 1 N–H and O–H groups in total. The predicted molar refractivity (Wildman–Crippen MR) is 71.7 cm³/mol. The lowest BCUT2D eigenvalue weighted by Crippen LogP contribution is -2.54. The molecule has 2 rings (SSSR count). The van der Waals surface area contributed by atoms with Crippen molar-refractivity contribution in [1.82, 2.24) is 15.1 Å². The van der Waals surface area contributed by atoms with Gasteiger partial charge >= 0.3 is 12.1 Å². The number of urea groups is 1. The highest BCUT2D eigenvalue weighted by Gasteiger charge is 2.26. The van der Waals surface area contributed by atoms with Crippen LogP contribution in [-0.2, 0) is 4.74 Å². The summed E-state index contributed by atoms with van der Waals surface area (Å²) in [5, 5.41) is 2.24. The maximum Gasteiger partial charge on any atom is 0.409 e. The minimum absolute atomic E-state index is 0.0773. The number of amides is 4. The van der Waals surface area contributed by atoms with Crippen molar-refractivity contribution in [3.63, 3.8) is 0 Å². The van der Waals surface area contributed by atoms with Gasteiger partial charge in [-0.05, 0) is 19.1 Å². The van der Waals surface area contributed by atoms with E-state index in [2.05, 4.69) is 5.32 Å². The van der Waals surface area contributed by atoms with E-state index in [9.17, 15) is 14.4 Å². The molecule has 0 saturated carbocycles. The van der Waals surface area contributed by atoms with Gasteiger partial charge < -0.3 is 19.0 Å². The number of carbonyl (C=O) groups is 3. The van der Waals surface area contributed by atoms with Gasteiger partial charge in [-0.25, -0.2) is 9.59 Å². The molecule has 1 saturated heterocycles. The Hall–Kier alpha value is -2.51. The number of nitrogens with one attached hydrogen (secondary N) is 1. The zero-order valence-electron chi connectivity index (χ0n) is 11.7. The number of furan rings is 1. The Kier molecular flexibility index (Phi) is 4.81. The molecule has 1 aromatic heterocycles. The van der Waals surface area contributed by atoms with E-state index in [0.717, 1.165) is 0 Å². The first-order valence-corrected chi connectivity index (χ1v) is 6.67. The van der Waals surface area contributed by atoms with E-state index in [1.165, 1.54) is 22.1 Å². The number of rotatable bonds is 2. The Morgan fingerprint density at radius 1 is 1.24 bits per heavy atom. The highest BCUT2D eigenvalue weighted by Crippen LogP contribution is 2.05. The maximum absolute atomic E-state index is 11.9. The number of hydrogen-bond donors (Lipinski definition) is 1. The highest BCUT2D eigenvalue weighted by atomic mass is 16.6. The van der Waals surface area contributed by atoms with Gasteiger partial charge in [-0.15, -0.1) is 0 Å². The predicted octanol–water partition coefficient (Wildman–Crippen LogP) is 0.903. The number of hydrogen-bond acceptors (Lipinski definition) is 5. The summed E-state index contributed by atoms with van der Waals surface area (Å²) in [5.74, 6) is -0.508. The molecule has 4 amide bonds. The summed E-state index contributed by atoms with van der Waals surface area (Å²) < 4.78 is 9.80. The van der Waals surface area contributed by atoms with Crippen molar-refractivity contribution in [2.75, 3.05) is 32.8 Å². The fourth-order valence-electron chi connectivity index (χ4n) is 1.95. The van der Waals surface area contributed by atoms with Crippen molar-refractivity contribution in [2.24, 2.45) is 0 Å². The zero-order chi connectivity index (χ0) is 15.2. The Bertz CT molecular complexity index is 506. The van der Waals surface area contributed by atoms with E-state index in [-0.39, 0.29) is 11.9 Å².